The van der Waals surface area contributed by atoms with E-state index < -0.39 is 12.0 Å². The first kappa shape index (κ1) is 17.0. The van der Waals surface area contributed by atoms with Gasteiger partial charge in [0.25, 0.3) is 0 Å². The molecule has 1 atom stereocenters. The molecule has 1 N–H and O–H groups in total. The van der Waals surface area contributed by atoms with Gasteiger partial charge >= 0.3 is 5.97 Å². The van der Waals surface area contributed by atoms with Crippen molar-refractivity contribution in [2.75, 3.05) is 13.6 Å². The number of aliphatic carboxylic acids is 1. The number of hydrogen-bond donors (Lipinski definition) is 1. The second kappa shape index (κ2) is 7.78. The van der Waals surface area contributed by atoms with Crippen LogP contribution in [-0.4, -0.2) is 45.2 Å². The van der Waals surface area contributed by atoms with Crippen molar-refractivity contribution in [3.05, 3.63) is 48.5 Å². The minimum atomic E-state index is -0.865. The van der Waals surface area contributed by atoms with Crippen molar-refractivity contribution in [2.24, 2.45) is 0 Å². The van der Waals surface area contributed by atoms with Crippen molar-refractivity contribution in [2.45, 2.75) is 32.5 Å². The summed E-state index contributed by atoms with van der Waals surface area (Å²) in [5.74, 6) is -0.121. The summed E-state index contributed by atoms with van der Waals surface area (Å²) in [6, 6.07) is 6.56. The van der Waals surface area contributed by atoms with Gasteiger partial charge in [-0.2, -0.15) is 0 Å². The molecule has 0 unspecified atom stereocenters. The van der Waals surface area contributed by atoms with Crippen LogP contribution in [0.1, 0.15) is 25.5 Å². The third-order valence-electron chi connectivity index (χ3n) is 3.51. The number of carboxylic acids is 1. The first-order chi connectivity index (χ1) is 11.0. The van der Waals surface area contributed by atoms with Crippen LogP contribution in [-0.2, 0) is 11.3 Å². The van der Waals surface area contributed by atoms with Crippen LogP contribution in [0.4, 0.5) is 0 Å². The lowest BCUT2D eigenvalue weighted by Gasteiger charge is -2.25. The Kier molecular flexibility index (Phi) is 5.76. The average Bonchev–Trinajstić information content (AvgIpc) is 2.99. The maximum absolute atomic E-state index is 11.7. The molecule has 1 aromatic carbocycles. The van der Waals surface area contributed by atoms with E-state index in [4.69, 9.17) is 4.74 Å². The number of carbonyl (C=O) groups is 1. The lowest BCUT2D eigenvalue weighted by atomic mass is 10.1. The Morgan fingerprint density at radius 1 is 1.35 bits per heavy atom. The van der Waals surface area contributed by atoms with E-state index in [9.17, 15) is 9.90 Å². The lowest BCUT2D eigenvalue weighted by molar-refractivity contribution is -0.143. The molecular weight excluding hydrogens is 294 g/mol. The summed E-state index contributed by atoms with van der Waals surface area (Å²) >= 11 is 0. The molecule has 0 saturated carbocycles. The van der Waals surface area contributed by atoms with Gasteiger partial charge in [-0.3, -0.25) is 9.69 Å². The molecule has 0 fully saturated rings. The Balaban J connectivity index is 2.06. The summed E-state index contributed by atoms with van der Waals surface area (Å²) in [4.78, 5) is 17.5. The fraction of sp³-hybridized carbons (Fsp3) is 0.412. The van der Waals surface area contributed by atoms with Crippen LogP contribution in [0.3, 0.4) is 0 Å². The molecule has 6 nitrogen and oxygen atoms in total. The Morgan fingerprint density at radius 2 is 2.04 bits per heavy atom. The van der Waals surface area contributed by atoms with Crippen molar-refractivity contribution in [3.63, 3.8) is 0 Å². The molecule has 0 aliphatic rings. The van der Waals surface area contributed by atoms with E-state index in [1.54, 1.807) is 12.5 Å². The van der Waals surface area contributed by atoms with Crippen LogP contribution in [0.25, 0.3) is 0 Å². The van der Waals surface area contributed by atoms with E-state index in [1.807, 2.05) is 60.8 Å². The fourth-order valence-corrected chi connectivity index (χ4v) is 2.41. The van der Waals surface area contributed by atoms with E-state index in [0.29, 0.717) is 13.1 Å². The molecule has 0 aliphatic heterocycles. The van der Waals surface area contributed by atoms with E-state index in [2.05, 4.69) is 4.98 Å². The average molecular weight is 317 g/mol. The number of hydrogen-bond acceptors (Lipinski definition) is 4. The summed E-state index contributed by atoms with van der Waals surface area (Å²) in [6.07, 6.45) is 5.39. The highest BCUT2D eigenvalue weighted by atomic mass is 16.5. The molecule has 0 bridgehead atoms. The van der Waals surface area contributed by atoms with E-state index in [-0.39, 0.29) is 6.10 Å². The minimum absolute atomic E-state index is 0.0916. The lowest BCUT2D eigenvalue weighted by Crippen LogP contribution is -2.33. The highest BCUT2D eigenvalue weighted by Gasteiger charge is 2.24. The highest BCUT2D eigenvalue weighted by Crippen LogP contribution is 2.23. The topological polar surface area (TPSA) is 67.6 Å². The first-order valence-electron chi connectivity index (χ1n) is 7.62. The largest absolute Gasteiger partial charge is 0.491 e. The molecule has 0 saturated heterocycles. The number of benzene rings is 1. The zero-order valence-electron chi connectivity index (χ0n) is 13.7. The third kappa shape index (κ3) is 4.82. The predicted octanol–water partition coefficient (Wildman–Crippen LogP) is 2.43. The van der Waals surface area contributed by atoms with Gasteiger partial charge in [-0.25, -0.2) is 4.98 Å². The molecule has 0 aliphatic carbocycles. The molecule has 23 heavy (non-hydrogen) atoms. The van der Waals surface area contributed by atoms with Crippen molar-refractivity contribution < 1.29 is 14.6 Å². The Morgan fingerprint density at radius 3 is 2.57 bits per heavy atom. The van der Waals surface area contributed by atoms with Gasteiger partial charge in [0.15, 0.2) is 0 Å². The summed E-state index contributed by atoms with van der Waals surface area (Å²) < 4.78 is 7.52. The van der Waals surface area contributed by atoms with Crippen LogP contribution in [0.2, 0.25) is 0 Å². The second-order valence-electron chi connectivity index (χ2n) is 5.76. The zero-order chi connectivity index (χ0) is 16.8. The first-order valence-corrected chi connectivity index (χ1v) is 7.62. The summed E-state index contributed by atoms with van der Waals surface area (Å²) in [5, 5.41) is 9.58. The smallest absolute Gasteiger partial charge is 0.325 e. The molecular formula is C17H23N3O3. The molecule has 124 valence electrons. The summed E-state index contributed by atoms with van der Waals surface area (Å²) in [7, 11) is 1.81. The number of ether oxygens (including phenoxy) is 1. The third-order valence-corrected chi connectivity index (χ3v) is 3.51. The quantitative estimate of drug-likeness (QED) is 0.810. The van der Waals surface area contributed by atoms with Gasteiger partial charge in [0, 0.05) is 25.5 Å². The van der Waals surface area contributed by atoms with E-state index >= 15 is 0 Å². The Hall–Kier alpha value is -2.34. The Bertz CT molecular complexity index is 609. The van der Waals surface area contributed by atoms with Gasteiger partial charge in [-0.15, -0.1) is 0 Å². The van der Waals surface area contributed by atoms with Gasteiger partial charge in [0.05, 0.1) is 12.4 Å². The fourth-order valence-electron chi connectivity index (χ4n) is 2.41. The number of rotatable bonds is 8. The highest BCUT2D eigenvalue weighted by molar-refractivity contribution is 5.75. The maximum atomic E-state index is 11.7. The van der Waals surface area contributed by atoms with Crippen molar-refractivity contribution in [3.8, 4) is 5.75 Å². The van der Waals surface area contributed by atoms with Crippen LogP contribution in [0, 0.1) is 0 Å². The van der Waals surface area contributed by atoms with Gasteiger partial charge in [0.2, 0.25) is 0 Å². The van der Waals surface area contributed by atoms with Gasteiger partial charge in [0.1, 0.15) is 11.8 Å². The van der Waals surface area contributed by atoms with Crippen molar-refractivity contribution in [1.82, 2.24) is 14.5 Å². The SMILES string of the molecule is CC(C)Oc1ccc([C@@H](C(=O)O)N(C)CCn2ccnc2)cc1. The molecule has 0 amide bonds. The summed E-state index contributed by atoms with van der Waals surface area (Å²) in [6.45, 7) is 5.21. The molecule has 0 spiro atoms. The number of nitrogens with zero attached hydrogens (tertiary/aromatic N) is 3. The molecule has 2 aromatic rings. The number of carboxylic acid groups (broad SMARTS) is 1. The van der Waals surface area contributed by atoms with Crippen LogP contribution < -0.4 is 4.74 Å². The zero-order valence-corrected chi connectivity index (χ0v) is 13.7. The maximum Gasteiger partial charge on any atom is 0.325 e. The van der Waals surface area contributed by atoms with E-state index in [0.717, 1.165) is 11.3 Å². The van der Waals surface area contributed by atoms with Crippen molar-refractivity contribution in [1.29, 1.82) is 0 Å². The molecule has 6 heteroatoms. The van der Waals surface area contributed by atoms with Gasteiger partial charge in [-0.1, -0.05) is 12.1 Å². The molecule has 0 radical (unpaired) electrons. The number of imidazole rings is 1. The molecule has 1 heterocycles. The number of aromatic nitrogens is 2. The van der Waals surface area contributed by atoms with Gasteiger partial charge in [-0.05, 0) is 38.6 Å². The molecule has 2 rings (SSSR count). The van der Waals surface area contributed by atoms with E-state index in [1.165, 1.54) is 0 Å². The summed E-state index contributed by atoms with van der Waals surface area (Å²) in [5.41, 5.74) is 0.738. The monoisotopic (exact) mass is 317 g/mol. The predicted molar refractivity (Wildman–Crippen MR) is 87.4 cm³/mol. The van der Waals surface area contributed by atoms with Crippen LogP contribution in [0.15, 0.2) is 43.0 Å². The van der Waals surface area contributed by atoms with Crippen LogP contribution >= 0.6 is 0 Å². The van der Waals surface area contributed by atoms with Crippen molar-refractivity contribution >= 4 is 5.97 Å². The minimum Gasteiger partial charge on any atom is -0.491 e. The molecule has 1 aromatic heterocycles. The van der Waals surface area contributed by atoms with Crippen LogP contribution in [0.5, 0.6) is 5.75 Å². The van der Waals surface area contributed by atoms with Gasteiger partial charge < -0.3 is 14.4 Å². The number of likely N-dealkylation sites (N-methyl/N-ethyl adjacent to an activating group) is 1. The Labute approximate surface area is 136 Å². The normalized spacial score (nSPS) is 12.6. The standard InChI is InChI=1S/C17H23N3O3/c1-13(2)23-15-6-4-14(5-7-15)16(17(21)22)19(3)10-11-20-9-8-18-12-20/h4-9,12-13,16H,10-11H2,1-3H3,(H,21,22)/t16-/m0/s1. The second-order valence-corrected chi connectivity index (χ2v) is 5.76.